The van der Waals surface area contributed by atoms with Gasteiger partial charge in [-0.25, -0.2) is 24.4 Å². The fourth-order valence-electron chi connectivity index (χ4n) is 4.34. The summed E-state index contributed by atoms with van der Waals surface area (Å²) in [5, 5.41) is 5.32. The van der Waals surface area contributed by atoms with Gasteiger partial charge in [-0.15, -0.1) is 0 Å². The van der Waals surface area contributed by atoms with Crippen LogP contribution in [-0.2, 0) is 17.8 Å². The number of rotatable bonds is 7. The first-order chi connectivity index (χ1) is 19.5. The second kappa shape index (κ2) is 10.9. The summed E-state index contributed by atoms with van der Waals surface area (Å²) in [4.78, 5) is 27.5. The molecule has 10 nitrogen and oxygen atoms in total. The van der Waals surface area contributed by atoms with Gasteiger partial charge < -0.3 is 4.55 Å². The fraction of sp³-hybridized carbons (Fsp3) is 0.0357. The van der Waals surface area contributed by atoms with Crippen molar-refractivity contribution in [3.8, 4) is 34.2 Å². The molecular formula is C28H19ClN7O3S-. The van der Waals surface area contributed by atoms with Gasteiger partial charge in [0, 0.05) is 46.4 Å². The van der Waals surface area contributed by atoms with E-state index in [9.17, 15) is 13.6 Å². The highest BCUT2D eigenvalue weighted by atomic mass is 35.5. The Balaban J connectivity index is 1.53. The molecule has 6 aromatic rings. The number of nitrogens with zero attached hydrogens (tertiary/aromatic N) is 6. The van der Waals surface area contributed by atoms with Crippen molar-refractivity contribution in [3.63, 3.8) is 0 Å². The Morgan fingerprint density at radius 1 is 0.900 bits per heavy atom. The molecular weight excluding hydrogens is 550 g/mol. The summed E-state index contributed by atoms with van der Waals surface area (Å²) in [5.74, 6) is 0.988. The minimum absolute atomic E-state index is 0.114. The van der Waals surface area contributed by atoms with Crippen LogP contribution in [0.5, 0.6) is 0 Å². The maximum atomic E-state index is 13.9. The number of benzene rings is 3. The maximum Gasteiger partial charge on any atom is 0.269 e. The van der Waals surface area contributed by atoms with E-state index in [1.807, 2.05) is 30.3 Å². The lowest BCUT2D eigenvalue weighted by Gasteiger charge is -2.14. The molecule has 0 radical (unpaired) electrons. The van der Waals surface area contributed by atoms with Crippen molar-refractivity contribution < 1.29 is 8.76 Å². The summed E-state index contributed by atoms with van der Waals surface area (Å²) in [5.41, 5.74) is 3.52. The first-order valence-corrected chi connectivity index (χ1v) is 13.5. The predicted octanol–water partition coefficient (Wildman–Crippen LogP) is 4.23. The molecule has 0 aliphatic rings. The molecule has 1 unspecified atom stereocenters. The molecule has 3 aromatic heterocycles. The lowest BCUT2D eigenvalue weighted by Crippen LogP contribution is -2.22. The summed E-state index contributed by atoms with van der Waals surface area (Å²) in [6, 6.07) is 23.3. The normalized spacial score (nSPS) is 12.1. The Morgan fingerprint density at radius 2 is 1.62 bits per heavy atom. The molecule has 0 aliphatic carbocycles. The zero-order valence-corrected chi connectivity index (χ0v) is 22.2. The topological polar surface area (TPSA) is 131 Å². The van der Waals surface area contributed by atoms with Gasteiger partial charge in [0.25, 0.3) is 5.56 Å². The molecule has 198 valence electrons. The molecule has 0 amide bonds. The van der Waals surface area contributed by atoms with Gasteiger partial charge in [0.2, 0.25) is 0 Å². The van der Waals surface area contributed by atoms with Gasteiger partial charge in [0.05, 0.1) is 17.6 Å². The second-order valence-electron chi connectivity index (χ2n) is 8.72. The van der Waals surface area contributed by atoms with Crippen LogP contribution in [0.1, 0.15) is 5.56 Å². The van der Waals surface area contributed by atoms with Crippen LogP contribution in [0, 0.1) is 0 Å². The molecule has 40 heavy (non-hydrogen) atoms. The Labute approximate surface area is 235 Å². The Bertz CT molecular complexity index is 1910. The van der Waals surface area contributed by atoms with Crippen molar-refractivity contribution in [2.24, 2.45) is 0 Å². The second-order valence-corrected chi connectivity index (χ2v) is 9.92. The molecule has 0 bridgehead atoms. The molecule has 0 aliphatic heterocycles. The quantitative estimate of drug-likeness (QED) is 0.285. The summed E-state index contributed by atoms with van der Waals surface area (Å²) in [6.45, 7) is 0.114. The van der Waals surface area contributed by atoms with Crippen molar-refractivity contribution >= 4 is 33.9 Å². The Hall–Kier alpha value is -4.55. The van der Waals surface area contributed by atoms with Gasteiger partial charge in [0.15, 0.2) is 11.5 Å². The Kier molecular flexibility index (Phi) is 7.01. The summed E-state index contributed by atoms with van der Waals surface area (Å²) in [7, 11) is 0. The monoisotopic (exact) mass is 568 g/mol. The van der Waals surface area contributed by atoms with E-state index < -0.39 is 11.3 Å². The molecule has 0 saturated carbocycles. The van der Waals surface area contributed by atoms with Crippen molar-refractivity contribution in [1.29, 1.82) is 0 Å². The van der Waals surface area contributed by atoms with E-state index in [0.717, 1.165) is 11.1 Å². The zero-order chi connectivity index (χ0) is 27.6. The highest BCUT2D eigenvalue weighted by molar-refractivity contribution is 7.77. The minimum Gasteiger partial charge on any atom is -0.760 e. The highest BCUT2D eigenvalue weighted by Crippen LogP contribution is 2.26. The van der Waals surface area contributed by atoms with Crippen LogP contribution in [0.25, 0.3) is 45.2 Å². The first kappa shape index (κ1) is 25.7. The number of halogens is 1. The average Bonchev–Trinajstić information content (AvgIpc) is 3.42. The molecule has 1 atom stereocenters. The standard InChI is InChI=1S/C28H20ClN7O3S/c29-21-9-11-22(12-10-21)35-26(20-7-5-19(6-8-20)25-30-13-2-14-31-25)34-27-24(28(35)37)17-32-36(27)23-4-1-3-18(15-23)16-33-40(38)39/h1-15,17,33H,16H2,(H,38,39)/p-1. The van der Waals surface area contributed by atoms with Crippen LogP contribution in [0.2, 0.25) is 5.02 Å². The van der Waals surface area contributed by atoms with E-state index in [2.05, 4.69) is 19.8 Å². The third-order valence-electron chi connectivity index (χ3n) is 6.20. The smallest absolute Gasteiger partial charge is 0.269 e. The van der Waals surface area contributed by atoms with E-state index in [1.165, 1.54) is 10.8 Å². The molecule has 6 rings (SSSR count). The maximum absolute atomic E-state index is 13.9. The number of hydrogen-bond donors (Lipinski definition) is 1. The number of fused-ring (bicyclic) bond motifs is 1. The van der Waals surface area contributed by atoms with E-state index in [-0.39, 0.29) is 12.1 Å². The lowest BCUT2D eigenvalue weighted by molar-refractivity contribution is 0.522. The van der Waals surface area contributed by atoms with Gasteiger partial charge in [-0.2, -0.15) is 5.10 Å². The molecule has 12 heteroatoms. The van der Waals surface area contributed by atoms with Crippen LogP contribution in [-0.4, -0.2) is 38.1 Å². The average molecular weight is 569 g/mol. The fourth-order valence-corrected chi connectivity index (χ4v) is 4.75. The molecule has 0 spiro atoms. The highest BCUT2D eigenvalue weighted by Gasteiger charge is 2.19. The van der Waals surface area contributed by atoms with E-state index in [1.54, 1.807) is 65.6 Å². The zero-order valence-electron chi connectivity index (χ0n) is 20.6. The van der Waals surface area contributed by atoms with Gasteiger partial charge >= 0.3 is 0 Å². The van der Waals surface area contributed by atoms with Crippen LogP contribution >= 0.6 is 11.6 Å². The number of hydrogen-bond acceptors (Lipinski definition) is 7. The minimum atomic E-state index is -2.39. The number of aromatic nitrogens is 6. The first-order valence-electron chi connectivity index (χ1n) is 12.0. The van der Waals surface area contributed by atoms with Crippen LogP contribution < -0.4 is 10.3 Å². The third-order valence-corrected chi connectivity index (χ3v) is 6.83. The van der Waals surface area contributed by atoms with Crippen LogP contribution in [0.3, 0.4) is 0 Å². The van der Waals surface area contributed by atoms with Crippen molar-refractivity contribution in [1.82, 2.24) is 34.0 Å². The summed E-state index contributed by atoms with van der Waals surface area (Å²) in [6.07, 6.45) is 4.83. The van der Waals surface area contributed by atoms with Gasteiger partial charge in [-0.3, -0.25) is 13.6 Å². The van der Waals surface area contributed by atoms with Crippen molar-refractivity contribution in [2.45, 2.75) is 6.54 Å². The predicted molar refractivity (Wildman–Crippen MR) is 152 cm³/mol. The van der Waals surface area contributed by atoms with Crippen molar-refractivity contribution in [2.75, 3.05) is 0 Å². The van der Waals surface area contributed by atoms with Crippen LogP contribution in [0.4, 0.5) is 0 Å². The molecule has 0 fully saturated rings. The lowest BCUT2D eigenvalue weighted by atomic mass is 10.1. The SMILES string of the molecule is O=c1c2cnn(-c3cccc(CNS(=O)[O-])c3)c2nc(-c2ccc(-c3ncccn3)cc2)n1-c1ccc(Cl)cc1. The van der Waals surface area contributed by atoms with E-state index in [4.69, 9.17) is 16.6 Å². The molecule has 3 heterocycles. The van der Waals surface area contributed by atoms with Gasteiger partial charge in [-0.05, 0) is 48.0 Å². The van der Waals surface area contributed by atoms with Crippen LogP contribution in [0.15, 0.2) is 102 Å². The largest absolute Gasteiger partial charge is 0.760 e. The van der Waals surface area contributed by atoms with E-state index >= 15 is 0 Å². The molecule has 3 aromatic carbocycles. The third kappa shape index (κ3) is 5.06. The van der Waals surface area contributed by atoms with Gasteiger partial charge in [-0.1, -0.05) is 48.0 Å². The summed E-state index contributed by atoms with van der Waals surface area (Å²) < 4.78 is 27.4. The Morgan fingerprint density at radius 3 is 2.35 bits per heavy atom. The van der Waals surface area contributed by atoms with Gasteiger partial charge in [0.1, 0.15) is 11.2 Å². The summed E-state index contributed by atoms with van der Waals surface area (Å²) >= 11 is 3.73. The number of nitrogens with one attached hydrogen (secondary N) is 1. The van der Waals surface area contributed by atoms with E-state index in [0.29, 0.717) is 44.6 Å². The van der Waals surface area contributed by atoms with Crippen molar-refractivity contribution in [3.05, 3.63) is 118 Å². The molecule has 1 N–H and O–H groups in total. The molecule has 0 saturated heterocycles.